The number of nitrogens with one attached hydrogen (secondary N) is 1. The summed E-state index contributed by atoms with van der Waals surface area (Å²) in [5.41, 5.74) is 0. The number of hydrogen-bond donors (Lipinski definition) is 1. The monoisotopic (exact) mass is 314 g/mol. The lowest BCUT2D eigenvalue weighted by molar-refractivity contribution is -0.144. The van der Waals surface area contributed by atoms with Gasteiger partial charge in [-0.05, 0) is 25.5 Å². The van der Waals surface area contributed by atoms with Gasteiger partial charge in [-0.25, -0.2) is 4.79 Å². The minimum atomic E-state index is -0.782. The molecule has 108 valence electrons. The molecule has 5 nitrogen and oxygen atoms in total. The molecular formula is C13H15ClN2O3S. The Morgan fingerprint density at radius 3 is 2.65 bits per heavy atom. The van der Waals surface area contributed by atoms with E-state index in [1.54, 1.807) is 19.1 Å². The van der Waals surface area contributed by atoms with Crippen LogP contribution in [-0.4, -0.2) is 22.7 Å². The maximum absolute atomic E-state index is 12.4. The van der Waals surface area contributed by atoms with Gasteiger partial charge in [0.2, 0.25) is 11.8 Å². The molecular weight excluding hydrogens is 300 g/mol. The van der Waals surface area contributed by atoms with Gasteiger partial charge in [0.15, 0.2) is 0 Å². The quantitative estimate of drug-likeness (QED) is 0.869. The first kappa shape index (κ1) is 15.0. The Hall–Kier alpha value is -1.40. The first-order valence-corrected chi connectivity index (χ1v) is 7.58. The van der Waals surface area contributed by atoms with E-state index < -0.39 is 29.8 Å². The van der Waals surface area contributed by atoms with Crippen LogP contribution in [0, 0.1) is 5.92 Å². The largest absolute Gasteiger partial charge is 0.331 e. The van der Waals surface area contributed by atoms with E-state index in [4.69, 9.17) is 11.6 Å². The van der Waals surface area contributed by atoms with Gasteiger partial charge in [0.1, 0.15) is 5.92 Å². The fourth-order valence-electron chi connectivity index (χ4n) is 2.22. The highest BCUT2D eigenvalue weighted by atomic mass is 35.5. The summed E-state index contributed by atoms with van der Waals surface area (Å²) in [6.07, 6.45) is 1.14. The smallest absolute Gasteiger partial charge is 0.277 e. The molecule has 1 saturated heterocycles. The van der Waals surface area contributed by atoms with Crippen molar-refractivity contribution < 1.29 is 14.4 Å². The Morgan fingerprint density at radius 2 is 2.10 bits per heavy atom. The molecule has 4 amide bonds. The van der Waals surface area contributed by atoms with Crippen molar-refractivity contribution in [2.75, 3.05) is 0 Å². The zero-order valence-corrected chi connectivity index (χ0v) is 12.8. The highest BCUT2D eigenvalue weighted by Crippen LogP contribution is 2.32. The second-order valence-corrected chi connectivity index (χ2v) is 6.41. The molecule has 0 bridgehead atoms. The number of carbonyl (C=O) groups is 3. The summed E-state index contributed by atoms with van der Waals surface area (Å²) in [5.74, 6) is -1.72. The Balaban J connectivity index is 2.27. The summed E-state index contributed by atoms with van der Waals surface area (Å²) in [4.78, 5) is 37.9. The van der Waals surface area contributed by atoms with Crippen molar-refractivity contribution >= 4 is 40.8 Å². The van der Waals surface area contributed by atoms with Gasteiger partial charge >= 0.3 is 6.03 Å². The first-order valence-electron chi connectivity index (χ1n) is 6.38. The van der Waals surface area contributed by atoms with E-state index in [0.717, 1.165) is 9.78 Å². The molecule has 1 aromatic rings. The van der Waals surface area contributed by atoms with Crippen LogP contribution < -0.4 is 5.32 Å². The van der Waals surface area contributed by atoms with Crippen molar-refractivity contribution in [2.24, 2.45) is 5.92 Å². The molecule has 20 heavy (non-hydrogen) atoms. The average Bonchev–Trinajstić information content (AvgIpc) is 2.81. The Kier molecular flexibility index (Phi) is 4.45. The molecule has 2 heterocycles. The van der Waals surface area contributed by atoms with Crippen LogP contribution in [0.3, 0.4) is 0 Å². The topological polar surface area (TPSA) is 66.5 Å². The summed E-state index contributed by atoms with van der Waals surface area (Å²) in [5, 5.41) is 2.25. The summed E-state index contributed by atoms with van der Waals surface area (Å²) in [6, 6.07) is 2.40. The van der Waals surface area contributed by atoms with Gasteiger partial charge in [-0.2, -0.15) is 0 Å². The van der Waals surface area contributed by atoms with Gasteiger partial charge in [-0.3, -0.25) is 19.8 Å². The zero-order chi connectivity index (χ0) is 14.9. The molecule has 2 unspecified atom stereocenters. The number of urea groups is 1. The molecule has 2 atom stereocenters. The van der Waals surface area contributed by atoms with Crippen molar-refractivity contribution in [3.63, 3.8) is 0 Å². The van der Waals surface area contributed by atoms with E-state index in [0.29, 0.717) is 17.2 Å². The SMILES string of the molecule is CCCC1C(=O)NC(=O)N(C(C)c2ccc(Cl)s2)C1=O. The molecule has 1 aliphatic rings. The van der Waals surface area contributed by atoms with E-state index in [-0.39, 0.29) is 0 Å². The molecule has 0 radical (unpaired) electrons. The number of carbonyl (C=O) groups excluding carboxylic acids is 3. The lowest BCUT2D eigenvalue weighted by Crippen LogP contribution is -2.58. The average molecular weight is 315 g/mol. The van der Waals surface area contributed by atoms with Crippen molar-refractivity contribution in [3.8, 4) is 0 Å². The van der Waals surface area contributed by atoms with E-state index in [9.17, 15) is 14.4 Å². The Bertz CT molecular complexity index is 558. The number of hydrogen-bond acceptors (Lipinski definition) is 4. The molecule has 1 fully saturated rings. The fourth-order valence-corrected chi connectivity index (χ4v) is 3.33. The summed E-state index contributed by atoms with van der Waals surface area (Å²) < 4.78 is 0.595. The lowest BCUT2D eigenvalue weighted by atomic mass is 9.98. The first-order chi connectivity index (χ1) is 9.45. The highest BCUT2D eigenvalue weighted by molar-refractivity contribution is 7.16. The molecule has 0 saturated carbocycles. The van der Waals surface area contributed by atoms with E-state index in [1.807, 2.05) is 6.92 Å². The highest BCUT2D eigenvalue weighted by Gasteiger charge is 2.42. The van der Waals surface area contributed by atoms with Crippen LogP contribution >= 0.6 is 22.9 Å². The summed E-state index contributed by atoms with van der Waals surface area (Å²) in [6.45, 7) is 3.64. The number of nitrogens with zero attached hydrogens (tertiary/aromatic N) is 1. The van der Waals surface area contributed by atoms with Gasteiger partial charge in [0.05, 0.1) is 10.4 Å². The molecule has 7 heteroatoms. The van der Waals surface area contributed by atoms with Gasteiger partial charge < -0.3 is 0 Å². The lowest BCUT2D eigenvalue weighted by Gasteiger charge is -2.33. The number of rotatable bonds is 4. The van der Waals surface area contributed by atoms with Crippen LogP contribution in [0.15, 0.2) is 12.1 Å². The van der Waals surface area contributed by atoms with Gasteiger partial charge in [-0.1, -0.05) is 24.9 Å². The van der Waals surface area contributed by atoms with Crippen LogP contribution in [0.25, 0.3) is 0 Å². The Labute approximate surface area is 125 Å². The number of amides is 4. The molecule has 0 aliphatic carbocycles. The predicted molar refractivity (Wildman–Crippen MR) is 76.5 cm³/mol. The van der Waals surface area contributed by atoms with Crippen LogP contribution in [0.2, 0.25) is 4.34 Å². The number of imide groups is 2. The fraction of sp³-hybridized carbons (Fsp3) is 0.462. The summed E-state index contributed by atoms with van der Waals surface area (Å²) in [7, 11) is 0. The van der Waals surface area contributed by atoms with Gasteiger partial charge in [0.25, 0.3) is 0 Å². The Morgan fingerprint density at radius 1 is 1.40 bits per heavy atom. The molecule has 1 N–H and O–H groups in total. The predicted octanol–water partition coefficient (Wildman–Crippen LogP) is 2.96. The van der Waals surface area contributed by atoms with Crippen LogP contribution in [0.5, 0.6) is 0 Å². The number of halogens is 1. The minimum absolute atomic E-state index is 0.433. The minimum Gasteiger partial charge on any atom is -0.277 e. The van der Waals surface area contributed by atoms with Gasteiger partial charge in [-0.15, -0.1) is 11.3 Å². The molecule has 0 aromatic carbocycles. The van der Waals surface area contributed by atoms with E-state index in [2.05, 4.69) is 5.32 Å². The standard InChI is InChI=1S/C13H15ClN2O3S/c1-3-4-8-11(17)15-13(19)16(12(8)18)7(2)9-5-6-10(14)20-9/h5-8H,3-4H2,1-2H3,(H,15,17,19). The number of barbiturate groups is 1. The molecule has 2 rings (SSSR count). The third kappa shape index (κ3) is 2.71. The van der Waals surface area contributed by atoms with Gasteiger partial charge in [0, 0.05) is 4.88 Å². The van der Waals surface area contributed by atoms with Crippen molar-refractivity contribution in [3.05, 3.63) is 21.3 Å². The van der Waals surface area contributed by atoms with Crippen LogP contribution in [0.1, 0.15) is 37.6 Å². The molecule has 1 aliphatic heterocycles. The maximum atomic E-state index is 12.4. The third-order valence-electron chi connectivity index (χ3n) is 3.27. The normalized spacial score (nSPS) is 21.1. The second-order valence-electron chi connectivity index (χ2n) is 4.66. The van der Waals surface area contributed by atoms with Crippen LogP contribution in [0.4, 0.5) is 4.79 Å². The maximum Gasteiger partial charge on any atom is 0.331 e. The van der Waals surface area contributed by atoms with E-state index in [1.165, 1.54) is 11.3 Å². The van der Waals surface area contributed by atoms with Crippen molar-refractivity contribution in [1.82, 2.24) is 10.2 Å². The van der Waals surface area contributed by atoms with Crippen molar-refractivity contribution in [1.29, 1.82) is 0 Å². The van der Waals surface area contributed by atoms with E-state index >= 15 is 0 Å². The molecule has 1 aromatic heterocycles. The zero-order valence-electron chi connectivity index (χ0n) is 11.2. The van der Waals surface area contributed by atoms with Crippen molar-refractivity contribution in [2.45, 2.75) is 32.7 Å². The third-order valence-corrected chi connectivity index (χ3v) is 4.67. The second kappa shape index (κ2) is 5.93. The molecule has 0 spiro atoms. The van der Waals surface area contributed by atoms with Crippen LogP contribution in [-0.2, 0) is 9.59 Å². The number of thiophene rings is 1. The summed E-state index contributed by atoms with van der Waals surface area (Å²) >= 11 is 7.19.